The number of hydrogen-bond donors (Lipinski definition) is 1. The Labute approximate surface area is 168 Å². The molecule has 0 aromatic heterocycles. The summed E-state index contributed by atoms with van der Waals surface area (Å²) in [4.78, 5) is 14.3. The van der Waals surface area contributed by atoms with E-state index < -0.39 is 27.5 Å². The fourth-order valence-corrected chi connectivity index (χ4v) is 4.56. The van der Waals surface area contributed by atoms with Crippen LogP contribution in [0.2, 0.25) is 5.02 Å². The van der Waals surface area contributed by atoms with Crippen LogP contribution in [0.25, 0.3) is 0 Å². The monoisotopic (exact) mass is 425 g/mol. The summed E-state index contributed by atoms with van der Waals surface area (Å²) in [5.41, 5.74) is 2.45. The molecule has 2 aromatic rings. The van der Waals surface area contributed by atoms with Gasteiger partial charge in [-0.25, -0.2) is 12.8 Å². The molecule has 9 heteroatoms. The van der Waals surface area contributed by atoms with E-state index in [0.29, 0.717) is 26.2 Å². The molecule has 0 bridgehead atoms. The first-order valence-electron chi connectivity index (χ1n) is 8.79. The second-order valence-corrected chi connectivity index (χ2v) is 9.03. The van der Waals surface area contributed by atoms with Crippen molar-refractivity contribution in [2.75, 3.05) is 42.1 Å². The van der Waals surface area contributed by atoms with Gasteiger partial charge in [0.1, 0.15) is 11.6 Å². The van der Waals surface area contributed by atoms with Crippen molar-refractivity contribution in [3.05, 3.63) is 58.9 Å². The van der Waals surface area contributed by atoms with E-state index >= 15 is 0 Å². The number of piperazine rings is 1. The van der Waals surface area contributed by atoms with Crippen LogP contribution in [-0.4, -0.2) is 50.6 Å². The Balaban J connectivity index is 1.57. The van der Waals surface area contributed by atoms with Crippen LogP contribution in [0.5, 0.6) is 0 Å². The maximum absolute atomic E-state index is 13.2. The van der Waals surface area contributed by atoms with E-state index in [1.54, 1.807) is 0 Å². The Morgan fingerprint density at radius 2 is 1.86 bits per heavy atom. The minimum Gasteiger partial charge on any atom is -0.369 e. The third kappa shape index (κ3) is 5.01. The number of carbonyl (C=O) groups excluding carboxylic acids is 1. The summed E-state index contributed by atoms with van der Waals surface area (Å²) in [6, 6.07) is 11.7. The van der Waals surface area contributed by atoms with Crippen LogP contribution in [0.15, 0.2) is 42.5 Å². The number of nitrogens with one attached hydrogen (secondary N) is 1. The van der Waals surface area contributed by atoms with Gasteiger partial charge in [-0.15, -0.1) is 0 Å². The Hall–Kier alpha value is -2.16. The van der Waals surface area contributed by atoms with Gasteiger partial charge in [-0.2, -0.15) is 4.31 Å². The number of hydrogen-bond acceptors (Lipinski definition) is 4. The zero-order chi connectivity index (χ0) is 20.3. The Kier molecular flexibility index (Phi) is 6.22. The van der Waals surface area contributed by atoms with Crippen LogP contribution in [-0.2, 0) is 14.8 Å². The molecule has 0 spiro atoms. The zero-order valence-electron chi connectivity index (χ0n) is 15.4. The maximum atomic E-state index is 13.2. The predicted octanol–water partition coefficient (Wildman–Crippen LogP) is 2.88. The van der Waals surface area contributed by atoms with Crippen LogP contribution in [0.1, 0.15) is 5.56 Å². The quantitative estimate of drug-likeness (QED) is 0.799. The smallest absolute Gasteiger partial charge is 0.241 e. The third-order valence-corrected chi connectivity index (χ3v) is 6.58. The SMILES string of the molecule is Cc1cccc(N2CCN(S(=O)(=O)CC(=O)Nc3ccc(F)c(Cl)c3)CC2)c1. The van der Waals surface area contributed by atoms with Crippen molar-refractivity contribution in [1.82, 2.24) is 4.31 Å². The van der Waals surface area contributed by atoms with Crippen molar-refractivity contribution in [2.45, 2.75) is 6.92 Å². The van der Waals surface area contributed by atoms with E-state index in [2.05, 4.69) is 16.3 Å². The number of anilines is 2. The lowest BCUT2D eigenvalue weighted by atomic mass is 10.2. The van der Waals surface area contributed by atoms with E-state index in [1.807, 2.05) is 25.1 Å². The first-order chi connectivity index (χ1) is 13.2. The van der Waals surface area contributed by atoms with E-state index in [0.717, 1.165) is 17.3 Å². The molecule has 1 saturated heterocycles. The molecule has 1 amide bonds. The first kappa shape index (κ1) is 20.6. The number of rotatable bonds is 5. The molecule has 6 nitrogen and oxygen atoms in total. The molecule has 1 N–H and O–H groups in total. The molecule has 0 unspecified atom stereocenters. The molecule has 1 heterocycles. The van der Waals surface area contributed by atoms with Crippen molar-refractivity contribution in [3.8, 4) is 0 Å². The van der Waals surface area contributed by atoms with Crippen LogP contribution < -0.4 is 10.2 Å². The standard InChI is InChI=1S/C19H21ClFN3O3S/c1-14-3-2-4-16(11-14)23-7-9-24(10-8-23)28(26,27)13-19(25)22-15-5-6-18(21)17(20)12-15/h2-6,11-12H,7-10,13H2,1H3,(H,22,25). The zero-order valence-corrected chi connectivity index (χ0v) is 16.9. The van der Waals surface area contributed by atoms with Gasteiger partial charge in [0.2, 0.25) is 15.9 Å². The minimum absolute atomic E-state index is 0.145. The number of aryl methyl sites for hydroxylation is 1. The normalized spacial score (nSPS) is 15.5. The van der Waals surface area contributed by atoms with Gasteiger partial charge < -0.3 is 10.2 Å². The third-order valence-electron chi connectivity index (χ3n) is 4.52. The van der Waals surface area contributed by atoms with Gasteiger partial charge in [0.15, 0.2) is 0 Å². The summed E-state index contributed by atoms with van der Waals surface area (Å²) in [6.07, 6.45) is 0. The van der Waals surface area contributed by atoms with Crippen LogP contribution >= 0.6 is 11.6 Å². The average Bonchev–Trinajstić information content (AvgIpc) is 2.64. The molecule has 0 radical (unpaired) electrons. The van der Waals surface area contributed by atoms with Gasteiger partial charge in [0.05, 0.1) is 5.02 Å². The van der Waals surface area contributed by atoms with E-state index in [4.69, 9.17) is 11.6 Å². The number of benzene rings is 2. The van der Waals surface area contributed by atoms with E-state index in [9.17, 15) is 17.6 Å². The molecule has 0 atom stereocenters. The Morgan fingerprint density at radius 1 is 1.14 bits per heavy atom. The summed E-state index contributed by atoms with van der Waals surface area (Å²) in [5.74, 6) is -1.98. The first-order valence-corrected chi connectivity index (χ1v) is 10.8. The molecule has 1 aliphatic heterocycles. The summed E-state index contributed by atoms with van der Waals surface area (Å²) < 4.78 is 39.6. The van der Waals surface area contributed by atoms with Gasteiger partial charge in [-0.1, -0.05) is 23.7 Å². The lowest BCUT2D eigenvalue weighted by Gasteiger charge is -2.35. The fourth-order valence-electron chi connectivity index (χ4n) is 3.08. The molecule has 0 aliphatic carbocycles. The second-order valence-electron chi connectivity index (χ2n) is 6.66. The predicted molar refractivity (Wildman–Crippen MR) is 109 cm³/mol. The lowest BCUT2D eigenvalue weighted by Crippen LogP contribution is -2.50. The minimum atomic E-state index is -3.75. The van der Waals surface area contributed by atoms with Crippen molar-refractivity contribution in [2.24, 2.45) is 0 Å². The number of carbonyl (C=O) groups is 1. The van der Waals surface area contributed by atoms with Crippen molar-refractivity contribution < 1.29 is 17.6 Å². The number of nitrogens with zero attached hydrogens (tertiary/aromatic N) is 2. The van der Waals surface area contributed by atoms with E-state index in [-0.39, 0.29) is 10.7 Å². The highest BCUT2D eigenvalue weighted by Gasteiger charge is 2.29. The highest BCUT2D eigenvalue weighted by Crippen LogP contribution is 2.21. The average molecular weight is 426 g/mol. The highest BCUT2D eigenvalue weighted by atomic mass is 35.5. The summed E-state index contributed by atoms with van der Waals surface area (Å²) in [6.45, 7) is 3.74. The molecular formula is C19H21ClFN3O3S. The largest absolute Gasteiger partial charge is 0.369 e. The Morgan fingerprint density at radius 3 is 2.50 bits per heavy atom. The van der Waals surface area contributed by atoms with Crippen molar-refractivity contribution in [1.29, 1.82) is 0 Å². The fraction of sp³-hybridized carbons (Fsp3) is 0.316. The van der Waals surface area contributed by atoms with Gasteiger partial charge in [-0.3, -0.25) is 4.79 Å². The molecule has 3 rings (SSSR count). The van der Waals surface area contributed by atoms with Crippen molar-refractivity contribution in [3.63, 3.8) is 0 Å². The maximum Gasteiger partial charge on any atom is 0.241 e. The summed E-state index contributed by atoms with van der Waals surface area (Å²) in [7, 11) is -3.75. The van der Waals surface area contributed by atoms with Crippen LogP contribution in [0, 0.1) is 12.7 Å². The molecule has 150 valence electrons. The molecule has 0 saturated carbocycles. The van der Waals surface area contributed by atoms with Gasteiger partial charge in [0.25, 0.3) is 0 Å². The van der Waals surface area contributed by atoms with E-state index in [1.165, 1.54) is 16.4 Å². The lowest BCUT2D eigenvalue weighted by molar-refractivity contribution is -0.113. The van der Waals surface area contributed by atoms with Gasteiger partial charge in [0, 0.05) is 37.6 Å². The molecule has 2 aromatic carbocycles. The molecule has 1 fully saturated rings. The highest BCUT2D eigenvalue weighted by molar-refractivity contribution is 7.89. The summed E-state index contributed by atoms with van der Waals surface area (Å²) in [5, 5.41) is 2.29. The van der Waals surface area contributed by atoms with Crippen molar-refractivity contribution >= 4 is 38.9 Å². The van der Waals surface area contributed by atoms with Gasteiger partial charge >= 0.3 is 0 Å². The molecular weight excluding hydrogens is 405 g/mol. The number of amides is 1. The topological polar surface area (TPSA) is 69.7 Å². The van der Waals surface area contributed by atoms with Gasteiger partial charge in [-0.05, 0) is 42.8 Å². The number of sulfonamides is 1. The molecule has 28 heavy (non-hydrogen) atoms. The molecule has 1 aliphatic rings. The van der Waals surface area contributed by atoms with Crippen LogP contribution in [0.3, 0.4) is 0 Å². The summed E-state index contributed by atoms with van der Waals surface area (Å²) >= 11 is 5.67. The second kappa shape index (κ2) is 8.46. The number of halogens is 2. The van der Waals surface area contributed by atoms with Crippen LogP contribution in [0.4, 0.5) is 15.8 Å². The Bertz CT molecular complexity index is 976.